The van der Waals surface area contributed by atoms with Crippen molar-refractivity contribution < 1.29 is 9.90 Å². The van der Waals surface area contributed by atoms with E-state index in [1.54, 1.807) is 0 Å². The number of hydrogen-bond donors (Lipinski definition) is 1. The number of anilines is 1. The second-order valence-corrected chi connectivity index (χ2v) is 6.38. The average molecular weight is 324 g/mol. The number of benzene rings is 2. The first-order valence-corrected chi connectivity index (χ1v) is 8.52. The van der Waals surface area contributed by atoms with Gasteiger partial charge in [-0.2, -0.15) is 0 Å². The standard InChI is InChI=1S/C20H24N2O2/c1-21-14-7-10-17(21)13-15-22(20(23)24)19-12-6-5-11-18(19)16-8-3-2-4-9-16/h2-6,8-9,11-12,17H,7,10,13-15H2,1H3,(H,23,24). The fraction of sp³-hybridized carbons (Fsp3) is 0.350. The van der Waals surface area contributed by atoms with E-state index >= 15 is 0 Å². The highest BCUT2D eigenvalue weighted by Crippen LogP contribution is 2.31. The molecule has 0 aliphatic carbocycles. The summed E-state index contributed by atoms with van der Waals surface area (Å²) in [6.07, 6.45) is 2.34. The summed E-state index contributed by atoms with van der Waals surface area (Å²) in [5.74, 6) is 0. The van der Waals surface area contributed by atoms with Gasteiger partial charge in [0.05, 0.1) is 5.69 Å². The quantitative estimate of drug-likeness (QED) is 0.890. The highest BCUT2D eigenvalue weighted by molar-refractivity contribution is 5.92. The second-order valence-electron chi connectivity index (χ2n) is 6.38. The molecular formula is C20H24N2O2. The molecule has 2 aromatic rings. The van der Waals surface area contributed by atoms with Gasteiger partial charge in [-0.25, -0.2) is 4.79 Å². The maximum absolute atomic E-state index is 11.9. The Labute approximate surface area is 143 Å². The molecule has 1 unspecified atom stereocenters. The van der Waals surface area contributed by atoms with Crippen molar-refractivity contribution in [3.8, 4) is 11.1 Å². The van der Waals surface area contributed by atoms with Gasteiger partial charge in [-0.3, -0.25) is 4.90 Å². The van der Waals surface area contributed by atoms with E-state index in [1.165, 1.54) is 11.3 Å². The highest BCUT2D eigenvalue weighted by Gasteiger charge is 2.24. The van der Waals surface area contributed by atoms with Crippen molar-refractivity contribution in [3.05, 3.63) is 54.6 Å². The molecule has 3 rings (SSSR count). The lowest BCUT2D eigenvalue weighted by atomic mass is 10.0. The summed E-state index contributed by atoms with van der Waals surface area (Å²) in [5, 5.41) is 9.75. The van der Waals surface area contributed by atoms with Gasteiger partial charge >= 0.3 is 6.09 Å². The summed E-state index contributed by atoms with van der Waals surface area (Å²) in [7, 11) is 2.13. The molecule has 0 bridgehead atoms. The van der Waals surface area contributed by atoms with Crippen LogP contribution in [0, 0.1) is 0 Å². The molecule has 1 amide bonds. The predicted molar refractivity (Wildman–Crippen MR) is 97.5 cm³/mol. The van der Waals surface area contributed by atoms with Crippen LogP contribution in [0.2, 0.25) is 0 Å². The first kappa shape index (κ1) is 16.5. The van der Waals surface area contributed by atoms with E-state index < -0.39 is 6.09 Å². The molecule has 126 valence electrons. The molecule has 24 heavy (non-hydrogen) atoms. The van der Waals surface area contributed by atoms with Crippen molar-refractivity contribution in [2.24, 2.45) is 0 Å². The van der Waals surface area contributed by atoms with Gasteiger partial charge in [0.25, 0.3) is 0 Å². The van der Waals surface area contributed by atoms with E-state index in [2.05, 4.69) is 11.9 Å². The lowest BCUT2D eigenvalue weighted by Gasteiger charge is -2.26. The number of carboxylic acid groups (broad SMARTS) is 1. The van der Waals surface area contributed by atoms with Crippen molar-refractivity contribution in [1.82, 2.24) is 4.90 Å². The first-order valence-electron chi connectivity index (χ1n) is 8.52. The topological polar surface area (TPSA) is 43.8 Å². The van der Waals surface area contributed by atoms with Crippen molar-refractivity contribution >= 4 is 11.8 Å². The maximum Gasteiger partial charge on any atom is 0.411 e. The number of rotatable bonds is 5. The molecule has 1 fully saturated rings. The van der Waals surface area contributed by atoms with Gasteiger partial charge in [-0.05, 0) is 44.5 Å². The van der Waals surface area contributed by atoms with Gasteiger partial charge in [0.2, 0.25) is 0 Å². The van der Waals surface area contributed by atoms with E-state index in [4.69, 9.17) is 0 Å². The van der Waals surface area contributed by atoms with Gasteiger partial charge in [0.15, 0.2) is 0 Å². The van der Waals surface area contributed by atoms with Gasteiger partial charge in [-0.15, -0.1) is 0 Å². The van der Waals surface area contributed by atoms with Crippen LogP contribution in [-0.4, -0.2) is 42.3 Å². The Kier molecular flexibility index (Phi) is 5.16. The highest BCUT2D eigenvalue weighted by atomic mass is 16.4. The summed E-state index contributed by atoms with van der Waals surface area (Å²) < 4.78 is 0. The lowest BCUT2D eigenvalue weighted by Crippen LogP contribution is -2.35. The Hall–Kier alpha value is -2.33. The summed E-state index contributed by atoms with van der Waals surface area (Å²) >= 11 is 0. The predicted octanol–water partition coefficient (Wildman–Crippen LogP) is 4.32. The molecule has 1 atom stereocenters. The van der Waals surface area contributed by atoms with Crippen molar-refractivity contribution in [2.45, 2.75) is 25.3 Å². The van der Waals surface area contributed by atoms with Crippen LogP contribution in [0.1, 0.15) is 19.3 Å². The minimum Gasteiger partial charge on any atom is -0.465 e. The molecule has 0 saturated carbocycles. The zero-order valence-electron chi connectivity index (χ0n) is 14.1. The fourth-order valence-electron chi connectivity index (χ4n) is 3.51. The number of carbonyl (C=O) groups is 1. The fourth-order valence-corrected chi connectivity index (χ4v) is 3.51. The number of nitrogens with zero attached hydrogens (tertiary/aromatic N) is 2. The lowest BCUT2D eigenvalue weighted by molar-refractivity contribution is 0.200. The molecular weight excluding hydrogens is 300 g/mol. The Morgan fingerprint density at radius 3 is 2.54 bits per heavy atom. The van der Waals surface area contributed by atoms with E-state index in [0.717, 1.165) is 36.2 Å². The number of likely N-dealkylation sites (tertiary alicyclic amines) is 1. The van der Waals surface area contributed by atoms with Gasteiger partial charge in [0.1, 0.15) is 0 Å². The number of para-hydroxylation sites is 1. The van der Waals surface area contributed by atoms with E-state index in [-0.39, 0.29) is 0 Å². The molecule has 1 saturated heterocycles. The largest absolute Gasteiger partial charge is 0.465 e. The van der Waals surface area contributed by atoms with Crippen LogP contribution >= 0.6 is 0 Å². The zero-order chi connectivity index (χ0) is 16.9. The monoisotopic (exact) mass is 324 g/mol. The Morgan fingerprint density at radius 2 is 1.88 bits per heavy atom. The third-order valence-corrected chi connectivity index (χ3v) is 4.87. The second kappa shape index (κ2) is 7.49. The van der Waals surface area contributed by atoms with Crippen LogP contribution in [0.3, 0.4) is 0 Å². The SMILES string of the molecule is CN1CCCC1CCN(C(=O)O)c1ccccc1-c1ccccc1. The van der Waals surface area contributed by atoms with E-state index in [1.807, 2.05) is 54.6 Å². The van der Waals surface area contributed by atoms with Crippen LogP contribution < -0.4 is 4.90 Å². The number of hydrogen-bond acceptors (Lipinski definition) is 2. The molecule has 1 N–H and O–H groups in total. The Bertz CT molecular complexity index is 687. The Morgan fingerprint density at radius 1 is 1.17 bits per heavy atom. The normalized spacial score (nSPS) is 17.8. The van der Waals surface area contributed by atoms with Crippen molar-refractivity contribution in [3.63, 3.8) is 0 Å². The van der Waals surface area contributed by atoms with Crippen LogP contribution in [-0.2, 0) is 0 Å². The van der Waals surface area contributed by atoms with Gasteiger partial charge in [-0.1, -0.05) is 48.5 Å². The minimum absolute atomic E-state index is 0.482. The van der Waals surface area contributed by atoms with Gasteiger partial charge in [0, 0.05) is 18.2 Å². The minimum atomic E-state index is -0.890. The molecule has 0 spiro atoms. The van der Waals surface area contributed by atoms with Crippen LogP contribution in [0.5, 0.6) is 0 Å². The molecule has 4 heteroatoms. The molecule has 0 aromatic heterocycles. The van der Waals surface area contributed by atoms with Crippen LogP contribution in [0.25, 0.3) is 11.1 Å². The third kappa shape index (κ3) is 3.60. The molecule has 1 aliphatic heterocycles. The van der Waals surface area contributed by atoms with E-state index in [9.17, 15) is 9.90 Å². The summed E-state index contributed by atoms with van der Waals surface area (Å²) in [6.45, 7) is 1.63. The number of amides is 1. The summed E-state index contributed by atoms with van der Waals surface area (Å²) in [6, 6.07) is 18.2. The van der Waals surface area contributed by atoms with Crippen LogP contribution in [0.4, 0.5) is 10.5 Å². The first-order chi connectivity index (χ1) is 11.7. The summed E-state index contributed by atoms with van der Waals surface area (Å²) in [4.78, 5) is 15.7. The van der Waals surface area contributed by atoms with E-state index in [0.29, 0.717) is 12.6 Å². The molecule has 2 aromatic carbocycles. The zero-order valence-corrected chi connectivity index (χ0v) is 14.1. The Balaban J connectivity index is 1.85. The molecule has 0 radical (unpaired) electrons. The van der Waals surface area contributed by atoms with Crippen molar-refractivity contribution in [1.29, 1.82) is 0 Å². The molecule has 4 nitrogen and oxygen atoms in total. The third-order valence-electron chi connectivity index (χ3n) is 4.87. The molecule has 1 aliphatic rings. The van der Waals surface area contributed by atoms with Crippen molar-refractivity contribution in [2.75, 3.05) is 25.0 Å². The smallest absolute Gasteiger partial charge is 0.411 e. The summed E-state index contributed by atoms with van der Waals surface area (Å²) in [5.41, 5.74) is 2.76. The maximum atomic E-state index is 11.9. The van der Waals surface area contributed by atoms with Gasteiger partial charge < -0.3 is 10.0 Å². The molecule has 1 heterocycles. The average Bonchev–Trinajstić information content (AvgIpc) is 3.01. The van der Waals surface area contributed by atoms with Crippen LogP contribution in [0.15, 0.2) is 54.6 Å².